The molecule has 148 valence electrons. The second-order valence-electron chi connectivity index (χ2n) is 7.53. The van der Waals surface area contributed by atoms with Gasteiger partial charge in [-0.25, -0.2) is 9.59 Å². The van der Waals surface area contributed by atoms with E-state index in [1.807, 2.05) is 57.2 Å². The maximum atomic E-state index is 12.4. The van der Waals surface area contributed by atoms with E-state index in [-0.39, 0.29) is 24.4 Å². The van der Waals surface area contributed by atoms with Crippen LogP contribution in [0.5, 0.6) is 0 Å². The van der Waals surface area contributed by atoms with Crippen molar-refractivity contribution in [3.63, 3.8) is 0 Å². The molecule has 0 bridgehead atoms. The van der Waals surface area contributed by atoms with Crippen molar-refractivity contribution in [1.82, 2.24) is 5.32 Å². The first kappa shape index (κ1) is 19.9. The number of nitrogens with one attached hydrogen (secondary N) is 1. The van der Waals surface area contributed by atoms with Crippen LogP contribution in [0.3, 0.4) is 0 Å². The molecule has 1 amide bonds. The minimum Gasteiger partial charge on any atom is -0.480 e. The lowest BCUT2D eigenvalue weighted by atomic mass is 9.87. The molecule has 0 unspecified atom stereocenters. The summed E-state index contributed by atoms with van der Waals surface area (Å²) in [7, 11) is 0. The summed E-state index contributed by atoms with van der Waals surface area (Å²) in [6, 6.07) is 15.2. The van der Waals surface area contributed by atoms with E-state index in [0.29, 0.717) is 0 Å². The van der Waals surface area contributed by atoms with Gasteiger partial charge in [-0.3, -0.25) is 0 Å². The van der Waals surface area contributed by atoms with E-state index in [1.165, 1.54) is 0 Å². The zero-order valence-electron chi connectivity index (χ0n) is 16.5. The molecule has 0 fully saturated rings. The molecule has 5 heteroatoms. The number of ether oxygens (including phenoxy) is 1. The maximum Gasteiger partial charge on any atom is 0.407 e. The summed E-state index contributed by atoms with van der Waals surface area (Å²) in [5.74, 6) is -1.10. The van der Waals surface area contributed by atoms with Crippen LogP contribution < -0.4 is 5.32 Å². The summed E-state index contributed by atoms with van der Waals surface area (Å²) in [4.78, 5) is 24.0. The Morgan fingerprint density at radius 1 is 1.04 bits per heavy atom. The number of alkyl carbamates (subject to hydrolysis) is 1. The van der Waals surface area contributed by atoms with Gasteiger partial charge in [-0.2, -0.15) is 0 Å². The maximum absolute atomic E-state index is 12.4. The van der Waals surface area contributed by atoms with Crippen molar-refractivity contribution in [2.75, 3.05) is 6.61 Å². The van der Waals surface area contributed by atoms with Crippen LogP contribution in [0, 0.1) is 11.8 Å². The molecular weight excluding hydrogens is 354 g/mol. The lowest BCUT2D eigenvalue weighted by Gasteiger charge is -2.26. The number of carbonyl (C=O) groups excluding carboxylic acids is 1. The summed E-state index contributed by atoms with van der Waals surface area (Å²) < 4.78 is 5.47. The predicted octanol–water partition coefficient (Wildman–Crippen LogP) is 4.66. The monoisotopic (exact) mass is 381 g/mol. The molecule has 2 aromatic rings. The number of carboxylic acid groups (broad SMARTS) is 1. The highest BCUT2D eigenvalue weighted by Gasteiger charge is 2.32. The Hall–Kier alpha value is -2.82. The lowest BCUT2D eigenvalue weighted by molar-refractivity contribution is -0.141. The Kier molecular flexibility index (Phi) is 6.02. The Morgan fingerprint density at radius 2 is 1.57 bits per heavy atom. The van der Waals surface area contributed by atoms with Crippen LogP contribution in [0.15, 0.2) is 48.5 Å². The summed E-state index contributed by atoms with van der Waals surface area (Å²) in [6.45, 7) is 6.01. The number of carbonyl (C=O) groups is 2. The van der Waals surface area contributed by atoms with Gasteiger partial charge in [-0.15, -0.1) is 0 Å². The molecule has 2 N–H and O–H groups in total. The highest BCUT2D eigenvalue weighted by atomic mass is 16.5. The smallest absolute Gasteiger partial charge is 0.407 e. The van der Waals surface area contributed by atoms with Gasteiger partial charge < -0.3 is 15.2 Å². The van der Waals surface area contributed by atoms with Gasteiger partial charge in [-0.1, -0.05) is 75.7 Å². The van der Waals surface area contributed by atoms with Crippen LogP contribution >= 0.6 is 0 Å². The fourth-order valence-corrected chi connectivity index (χ4v) is 3.89. The standard InChI is InChI=1S/C23H27NO4/c1-4-14(2)15(3)21(22(25)26)24-23(27)28-13-20-18-11-7-5-9-16(18)17-10-6-8-12-19(17)20/h5-12,14-15,20-21H,4,13H2,1-3H3,(H,24,27)(H,25,26)/t14-,15-,21-/m0/s1. The van der Waals surface area contributed by atoms with E-state index in [4.69, 9.17) is 4.74 Å². The fourth-order valence-electron chi connectivity index (χ4n) is 3.89. The zero-order chi connectivity index (χ0) is 20.3. The molecule has 0 radical (unpaired) electrons. The Morgan fingerprint density at radius 3 is 2.07 bits per heavy atom. The number of amides is 1. The van der Waals surface area contributed by atoms with Gasteiger partial charge in [0, 0.05) is 5.92 Å². The second-order valence-corrected chi connectivity index (χ2v) is 7.53. The van der Waals surface area contributed by atoms with Crippen molar-refractivity contribution in [1.29, 1.82) is 0 Å². The third-order valence-corrected chi connectivity index (χ3v) is 5.95. The fraction of sp³-hybridized carbons (Fsp3) is 0.391. The molecule has 28 heavy (non-hydrogen) atoms. The molecule has 3 rings (SSSR count). The van der Waals surface area contributed by atoms with E-state index >= 15 is 0 Å². The average Bonchev–Trinajstić information content (AvgIpc) is 3.03. The zero-order valence-corrected chi connectivity index (χ0v) is 16.5. The van der Waals surface area contributed by atoms with Crippen molar-refractivity contribution < 1.29 is 19.4 Å². The summed E-state index contributed by atoms with van der Waals surface area (Å²) in [5, 5.41) is 12.0. The number of carboxylic acids is 1. The van der Waals surface area contributed by atoms with Crippen LogP contribution in [0.4, 0.5) is 4.79 Å². The van der Waals surface area contributed by atoms with E-state index in [1.54, 1.807) is 0 Å². The quantitative estimate of drug-likeness (QED) is 0.731. The first-order valence-electron chi connectivity index (χ1n) is 9.78. The van der Waals surface area contributed by atoms with Crippen molar-refractivity contribution in [2.45, 2.75) is 39.2 Å². The van der Waals surface area contributed by atoms with Gasteiger partial charge in [0.05, 0.1) is 0 Å². The molecule has 1 aliphatic carbocycles. The Balaban J connectivity index is 1.70. The van der Waals surface area contributed by atoms with Crippen LogP contribution in [-0.2, 0) is 9.53 Å². The number of rotatable bonds is 7. The number of hydrogen-bond donors (Lipinski definition) is 2. The number of aliphatic carboxylic acids is 1. The summed E-state index contributed by atoms with van der Waals surface area (Å²) >= 11 is 0. The molecule has 0 aromatic heterocycles. The first-order valence-corrected chi connectivity index (χ1v) is 9.78. The van der Waals surface area contributed by atoms with E-state index in [0.717, 1.165) is 28.7 Å². The molecule has 3 atom stereocenters. The third kappa shape index (κ3) is 3.88. The van der Waals surface area contributed by atoms with Crippen LogP contribution in [-0.4, -0.2) is 29.8 Å². The molecule has 0 aliphatic heterocycles. The number of benzene rings is 2. The average molecular weight is 381 g/mol. The largest absolute Gasteiger partial charge is 0.480 e. The lowest BCUT2D eigenvalue weighted by Crippen LogP contribution is -2.47. The van der Waals surface area contributed by atoms with Gasteiger partial charge in [-0.05, 0) is 34.1 Å². The molecule has 5 nitrogen and oxygen atoms in total. The van der Waals surface area contributed by atoms with Gasteiger partial charge in [0.15, 0.2) is 0 Å². The molecule has 1 aliphatic rings. The molecule has 0 spiro atoms. The van der Waals surface area contributed by atoms with Crippen molar-refractivity contribution in [3.8, 4) is 11.1 Å². The molecule has 0 heterocycles. The van der Waals surface area contributed by atoms with Gasteiger partial charge in [0.25, 0.3) is 0 Å². The summed E-state index contributed by atoms with van der Waals surface area (Å²) in [6.07, 6.45) is 0.154. The van der Waals surface area contributed by atoms with Gasteiger partial charge in [0.1, 0.15) is 12.6 Å². The van der Waals surface area contributed by atoms with E-state index < -0.39 is 18.1 Å². The minimum absolute atomic E-state index is 0.0478. The molecule has 0 saturated heterocycles. The number of hydrogen-bond acceptors (Lipinski definition) is 3. The molecule has 0 saturated carbocycles. The minimum atomic E-state index is -1.04. The number of fused-ring (bicyclic) bond motifs is 3. The van der Waals surface area contributed by atoms with Crippen molar-refractivity contribution >= 4 is 12.1 Å². The van der Waals surface area contributed by atoms with E-state index in [2.05, 4.69) is 17.4 Å². The Bertz CT molecular complexity index is 818. The van der Waals surface area contributed by atoms with E-state index in [9.17, 15) is 14.7 Å². The second kappa shape index (κ2) is 8.46. The molecular formula is C23H27NO4. The topological polar surface area (TPSA) is 75.6 Å². The van der Waals surface area contributed by atoms with Crippen LogP contribution in [0.25, 0.3) is 11.1 Å². The van der Waals surface area contributed by atoms with Crippen molar-refractivity contribution in [3.05, 3.63) is 59.7 Å². The first-order chi connectivity index (χ1) is 13.4. The van der Waals surface area contributed by atoms with Gasteiger partial charge in [0.2, 0.25) is 0 Å². The third-order valence-electron chi connectivity index (χ3n) is 5.95. The predicted molar refractivity (Wildman–Crippen MR) is 108 cm³/mol. The molecule has 2 aromatic carbocycles. The van der Waals surface area contributed by atoms with Gasteiger partial charge >= 0.3 is 12.1 Å². The van der Waals surface area contributed by atoms with Crippen LogP contribution in [0.1, 0.15) is 44.2 Å². The highest BCUT2D eigenvalue weighted by Crippen LogP contribution is 2.44. The summed E-state index contributed by atoms with van der Waals surface area (Å²) in [5.41, 5.74) is 4.56. The van der Waals surface area contributed by atoms with Crippen LogP contribution in [0.2, 0.25) is 0 Å². The Labute approximate surface area is 165 Å². The highest BCUT2D eigenvalue weighted by molar-refractivity contribution is 5.81. The normalized spacial score (nSPS) is 15.8. The SMILES string of the molecule is CC[C@H](C)[C@H](C)[C@H](NC(=O)OCC1c2ccccc2-c2ccccc21)C(=O)O. The van der Waals surface area contributed by atoms with Crippen molar-refractivity contribution in [2.24, 2.45) is 11.8 Å².